The molecule has 132 heavy (non-hydrogen) atoms. The molecule has 0 N–H and O–H groups in total. The van der Waals surface area contributed by atoms with Crippen molar-refractivity contribution in [2.75, 3.05) is 258 Å². The van der Waals surface area contributed by atoms with Gasteiger partial charge in [0.1, 0.15) is 0 Å². The topological polar surface area (TPSA) is 137 Å². The summed E-state index contributed by atoms with van der Waals surface area (Å²) in [7, 11) is 12.9. The summed E-state index contributed by atoms with van der Waals surface area (Å²) >= 11 is 12.2. The molecule has 0 spiro atoms. The van der Waals surface area contributed by atoms with E-state index in [1.165, 1.54) is 310 Å². The zero-order chi connectivity index (χ0) is 103. The van der Waals surface area contributed by atoms with E-state index in [1.54, 1.807) is 35.3 Å². The predicted molar refractivity (Wildman–Crippen MR) is 608 cm³/mol. The predicted octanol–water partition coefficient (Wildman–Crippen LogP) is 27.5. The highest BCUT2D eigenvalue weighted by Crippen LogP contribution is 2.24. The smallest absolute Gasteiger partial charge is 0.191 e. The first-order chi connectivity index (χ1) is 62.2. The molecule has 24 heteroatoms. The maximum atomic E-state index is 11.8. The van der Waals surface area contributed by atoms with Crippen molar-refractivity contribution in [2.24, 2.45) is 23.7 Å². The van der Waals surface area contributed by atoms with Crippen LogP contribution in [0, 0.1) is 23.7 Å². The molecule has 0 rings (SSSR count). The molecule has 16 nitrogen and oxygen atoms in total. The van der Waals surface area contributed by atoms with E-state index >= 15 is 0 Å². The lowest BCUT2D eigenvalue weighted by Gasteiger charge is -2.37. The number of quaternary nitrogens is 8. The highest BCUT2D eigenvalue weighted by Gasteiger charge is 2.30. The Bertz CT molecular complexity index is 2650. The van der Waals surface area contributed by atoms with Crippen LogP contribution >= 0.6 is 94.1 Å². The van der Waals surface area contributed by atoms with Crippen LogP contribution in [0.2, 0.25) is 0 Å². The number of hydrogen-bond donors (Lipinski definition) is 0. The number of thioether (sulfide) groups is 8. The molecule has 0 saturated heterocycles. The van der Waals surface area contributed by atoms with E-state index in [4.69, 9.17) is 0 Å². The normalized spacial score (nSPS) is 12.7. The number of nitrogens with zero attached hydrogens (tertiary/aromatic N) is 8. The van der Waals surface area contributed by atoms with Crippen LogP contribution in [0.3, 0.4) is 0 Å². The zero-order valence-corrected chi connectivity index (χ0v) is 101. The molecule has 2 atom stereocenters. The molecular formula is C108H232N8O8S8+8. The second-order valence-corrected chi connectivity index (χ2v) is 49.1. The number of carbonyl (C=O) groups is 8. The largest absolute Gasteiger partial charge is 0.330 e. The summed E-state index contributed by atoms with van der Waals surface area (Å²) in [6.45, 7) is 96.1. The van der Waals surface area contributed by atoms with E-state index in [-0.39, 0.29) is 23.7 Å². The van der Waals surface area contributed by atoms with Crippen molar-refractivity contribution < 1.29 is 74.2 Å². The molecule has 0 aromatic carbocycles. The Labute approximate surface area is 859 Å². The Balaban J connectivity index is -0.000000223. The van der Waals surface area contributed by atoms with E-state index < -0.39 is 0 Å². The minimum absolute atomic E-state index is 0.167. The van der Waals surface area contributed by atoms with Gasteiger partial charge in [0.2, 0.25) is 0 Å². The van der Waals surface area contributed by atoms with Crippen LogP contribution in [0.1, 0.15) is 375 Å². The summed E-state index contributed by atoms with van der Waals surface area (Å²) in [4.78, 5) is 92.4. The first-order valence-electron chi connectivity index (χ1n) is 54.2. The number of hydrogen-bond acceptors (Lipinski definition) is 16. The van der Waals surface area contributed by atoms with Crippen LogP contribution in [0.25, 0.3) is 0 Å². The maximum Gasteiger partial charge on any atom is 0.191 e. The fourth-order valence-corrected chi connectivity index (χ4v) is 23.7. The van der Waals surface area contributed by atoms with E-state index in [2.05, 4.69) is 195 Å². The monoisotopic (exact) mass is 2030 g/mol. The van der Waals surface area contributed by atoms with Crippen LogP contribution in [0.15, 0.2) is 0 Å². The molecule has 0 aromatic heterocycles. The third-order valence-corrected chi connectivity index (χ3v) is 33.9. The summed E-state index contributed by atoms with van der Waals surface area (Å²) in [5, 5.41) is 2.88. The molecular weight excluding hydrogens is 1790 g/mol. The minimum Gasteiger partial charge on any atom is -0.330 e. The van der Waals surface area contributed by atoms with Crippen LogP contribution in [-0.2, 0) is 38.4 Å². The molecule has 0 radical (unpaired) electrons. The Hall–Kier alpha value is -0.160. The van der Waals surface area contributed by atoms with Gasteiger partial charge in [-0.15, -0.1) is 0 Å². The quantitative estimate of drug-likeness (QED) is 0.0421. The molecule has 0 saturated carbocycles. The molecule has 2 unspecified atom stereocenters. The standard InChI is InChI=1S/C17H36NOS.C16H34NOS.C15H32NOS.2C14H30NOS.C12H26NOS.C11H24NOS.C9H20NOS/c1-5-9-11-12-17(19)20-16-15-18(8-4,13-7-3)14-10-6-2;1-5-9-10-11-16(18)19-15-14-17(8-4,12-6-2)13-7-3;1-6-9-11-16(8-3,10-7-2)12-13-18-15(17)14(4)5;1-6-9-15(8-3,10-7-2)11-12-17-14(16)13(4)5;1-5-9-10-11-14(16)17-13-12-15(6-2,7-3)8-4;1-6-13(7-2,8-3)9-10-15-12(14)11(4)5;1-5-6-7-8-11(13)14-10-9-12(2,3)4;1-8(2)9(11)12-7-6-10(3,4)5/h5-16H2,1-4H3;5-15H2,1-4H3;14H,6-13H2,1-5H3;13H,6-12H2,1-5H3;5-13H2,1-4H3;11H,6-10H2,1-5H3;5-10H2,1-4H3;8H,6-7H2,1-5H3/q8*+1. The molecule has 0 bridgehead atoms. The molecule has 792 valence electrons. The van der Waals surface area contributed by atoms with E-state index in [9.17, 15) is 38.4 Å². The average Bonchev–Trinajstić information content (AvgIpc) is 0.866. The molecule has 0 aliphatic carbocycles. The number of carbonyl (C=O) groups excluding carboxylic acids is 8. The Morgan fingerprint density at radius 3 is 0.477 bits per heavy atom. The van der Waals surface area contributed by atoms with Gasteiger partial charge >= 0.3 is 0 Å². The van der Waals surface area contributed by atoms with Crippen molar-refractivity contribution in [3.8, 4) is 0 Å². The van der Waals surface area contributed by atoms with Gasteiger partial charge in [0.15, 0.2) is 40.9 Å². The van der Waals surface area contributed by atoms with Crippen molar-refractivity contribution in [1.29, 1.82) is 0 Å². The third kappa shape index (κ3) is 88.7. The summed E-state index contributed by atoms with van der Waals surface area (Å²) in [5.74, 6) is 8.47. The second-order valence-electron chi connectivity index (χ2n) is 40.1. The average molecular weight is 2030 g/mol. The zero-order valence-electron chi connectivity index (χ0n) is 94.8. The van der Waals surface area contributed by atoms with Crippen LogP contribution in [0.4, 0.5) is 0 Å². The molecule has 0 amide bonds. The van der Waals surface area contributed by atoms with Crippen molar-refractivity contribution in [3.05, 3.63) is 0 Å². The first-order valence-corrected chi connectivity index (χ1v) is 62.1. The fraction of sp³-hybridized carbons (Fsp3) is 0.926. The van der Waals surface area contributed by atoms with Crippen LogP contribution in [0.5, 0.6) is 0 Å². The Morgan fingerprint density at radius 2 is 0.326 bits per heavy atom. The summed E-state index contributed by atoms with van der Waals surface area (Å²) in [6, 6.07) is 0. The van der Waals surface area contributed by atoms with E-state index in [0.717, 1.165) is 168 Å². The van der Waals surface area contributed by atoms with Gasteiger partial charge in [-0.2, -0.15) is 0 Å². The highest BCUT2D eigenvalue weighted by molar-refractivity contribution is 8.15. The van der Waals surface area contributed by atoms with Crippen molar-refractivity contribution in [2.45, 2.75) is 375 Å². The fourth-order valence-electron chi connectivity index (χ4n) is 15.3. The van der Waals surface area contributed by atoms with Gasteiger partial charge in [-0.25, -0.2) is 0 Å². The van der Waals surface area contributed by atoms with Gasteiger partial charge < -0.3 is 35.9 Å². The van der Waals surface area contributed by atoms with E-state index in [0.29, 0.717) is 40.9 Å². The van der Waals surface area contributed by atoms with Crippen LogP contribution < -0.4 is 0 Å². The molecule has 0 aliphatic rings. The highest BCUT2D eigenvalue weighted by atomic mass is 32.2. The number of unbranched alkanes of at least 4 members (excludes halogenated alkanes) is 10. The molecule has 0 aromatic rings. The van der Waals surface area contributed by atoms with Gasteiger partial charge in [0.25, 0.3) is 0 Å². The summed E-state index contributed by atoms with van der Waals surface area (Å²) in [5.41, 5.74) is 0. The van der Waals surface area contributed by atoms with Crippen molar-refractivity contribution >= 4 is 135 Å². The van der Waals surface area contributed by atoms with Gasteiger partial charge in [-0.1, -0.05) is 297 Å². The van der Waals surface area contributed by atoms with Crippen molar-refractivity contribution in [3.63, 3.8) is 0 Å². The first kappa shape index (κ1) is 147. The van der Waals surface area contributed by atoms with Gasteiger partial charge in [0, 0.05) is 49.4 Å². The second kappa shape index (κ2) is 95.7. The summed E-state index contributed by atoms with van der Waals surface area (Å²) < 4.78 is 8.94. The number of rotatable bonds is 72. The SMILES string of the molecule is CC(C)C(=O)SCC[N+](C)(C)C.CCCCCC(=O)SCC[N+](C)(C)C.CCCCCC(=O)SCC[N+](CC)(CC)CC.CCCCCC(=O)SCC[N+](CC)(CCC)CCC.CCCCCC(=O)SCC[N+](CC)(CCC)CCCC.CCCC[N+](CC)(CCC)CCSC(=O)C(C)C.CCC[N+](CC)(CCC)CCSC(=O)C(C)C.CC[N+](CC)(CC)CCSC(=O)C(C)C. The lowest BCUT2D eigenvalue weighted by Crippen LogP contribution is -2.50. The summed E-state index contributed by atoms with van der Waals surface area (Å²) in [6.07, 6.45) is 29.4. The van der Waals surface area contributed by atoms with Gasteiger partial charge in [-0.3, -0.25) is 38.4 Å². The molecule has 0 heterocycles. The Morgan fingerprint density at radius 1 is 0.174 bits per heavy atom. The van der Waals surface area contributed by atoms with Crippen LogP contribution in [-0.4, -0.2) is 335 Å². The third-order valence-electron chi connectivity index (χ3n) is 25.6. The van der Waals surface area contributed by atoms with Gasteiger partial charge in [-0.05, 0) is 146 Å². The Kier molecular flexibility index (Phi) is 107. The lowest BCUT2D eigenvalue weighted by molar-refractivity contribution is -0.924. The van der Waals surface area contributed by atoms with Crippen molar-refractivity contribution in [1.82, 2.24) is 0 Å². The lowest BCUT2D eigenvalue weighted by atomic mass is 10.2. The molecule has 0 aliphatic heterocycles. The molecule has 0 fully saturated rings. The minimum atomic E-state index is 0.167. The maximum absolute atomic E-state index is 11.8. The van der Waals surface area contributed by atoms with E-state index in [1.807, 2.05) is 55.4 Å². The van der Waals surface area contributed by atoms with Gasteiger partial charge in [0.05, 0.1) is 258 Å².